The number of rotatable bonds is 10. The predicted molar refractivity (Wildman–Crippen MR) is 66.9 cm³/mol. The van der Waals surface area contributed by atoms with Gasteiger partial charge in [0.15, 0.2) is 0 Å². The number of hydrogen-bond acceptors (Lipinski definition) is 2. The topological polar surface area (TPSA) is 20.2 Å². The first kappa shape index (κ1) is 14.1. The highest BCUT2D eigenvalue weighted by molar-refractivity contribution is 7.99. The van der Waals surface area contributed by atoms with E-state index in [2.05, 4.69) is 6.92 Å². The van der Waals surface area contributed by atoms with E-state index in [1.54, 1.807) is 0 Å². The van der Waals surface area contributed by atoms with Crippen LogP contribution in [0.1, 0.15) is 45.4 Å². The molecule has 0 aliphatic carbocycles. The maximum absolute atomic E-state index is 8.49. The van der Waals surface area contributed by atoms with E-state index in [1.807, 2.05) is 23.9 Å². The second-order valence-electron chi connectivity index (χ2n) is 3.50. The van der Waals surface area contributed by atoms with Crippen LogP contribution < -0.4 is 0 Å². The number of aliphatic hydroxyl groups excluding tert-OH is 1. The molecule has 0 heterocycles. The van der Waals surface area contributed by atoms with Gasteiger partial charge in [-0.1, -0.05) is 51.2 Å². The molecule has 0 spiro atoms. The summed E-state index contributed by atoms with van der Waals surface area (Å²) < 4.78 is 0. The standard InChI is InChI=1S/C12H24OS/c1-2-3-4-5-6-8-11-14-12-9-7-10-13/h7,9,13H,2-6,8,10-12H2,1H3. The van der Waals surface area contributed by atoms with E-state index in [9.17, 15) is 0 Å². The van der Waals surface area contributed by atoms with Crippen LogP contribution in [0, 0.1) is 0 Å². The van der Waals surface area contributed by atoms with E-state index in [-0.39, 0.29) is 6.61 Å². The van der Waals surface area contributed by atoms with E-state index < -0.39 is 0 Å². The van der Waals surface area contributed by atoms with Gasteiger partial charge in [-0.3, -0.25) is 0 Å². The molecule has 84 valence electrons. The van der Waals surface area contributed by atoms with Gasteiger partial charge in [0.25, 0.3) is 0 Å². The Balaban J connectivity index is 2.88. The van der Waals surface area contributed by atoms with Gasteiger partial charge in [-0.05, 0) is 12.2 Å². The average molecular weight is 216 g/mol. The molecule has 0 atom stereocenters. The van der Waals surface area contributed by atoms with Crippen LogP contribution in [0.25, 0.3) is 0 Å². The van der Waals surface area contributed by atoms with Gasteiger partial charge >= 0.3 is 0 Å². The van der Waals surface area contributed by atoms with Gasteiger partial charge in [-0.2, -0.15) is 11.8 Å². The first-order valence-corrected chi connectivity index (χ1v) is 6.91. The molecule has 0 bridgehead atoms. The van der Waals surface area contributed by atoms with Crippen LogP contribution in [0.3, 0.4) is 0 Å². The van der Waals surface area contributed by atoms with Crippen molar-refractivity contribution in [3.05, 3.63) is 12.2 Å². The summed E-state index contributed by atoms with van der Waals surface area (Å²) in [5.41, 5.74) is 0. The van der Waals surface area contributed by atoms with Crippen molar-refractivity contribution in [2.45, 2.75) is 45.4 Å². The summed E-state index contributed by atoms with van der Waals surface area (Å²) in [6, 6.07) is 0. The molecule has 0 fully saturated rings. The Kier molecular flexibility index (Phi) is 13.1. The fourth-order valence-corrected chi connectivity index (χ4v) is 2.13. The van der Waals surface area contributed by atoms with Crippen LogP contribution in [0.4, 0.5) is 0 Å². The highest BCUT2D eigenvalue weighted by Gasteiger charge is 1.89. The van der Waals surface area contributed by atoms with Crippen molar-refractivity contribution < 1.29 is 5.11 Å². The summed E-state index contributed by atoms with van der Waals surface area (Å²) in [6.45, 7) is 2.43. The third-order valence-electron chi connectivity index (χ3n) is 2.13. The van der Waals surface area contributed by atoms with Gasteiger partial charge in [0, 0.05) is 5.75 Å². The molecule has 0 radical (unpaired) electrons. The highest BCUT2D eigenvalue weighted by Crippen LogP contribution is 2.09. The molecular formula is C12H24OS. The number of thioether (sulfide) groups is 1. The third-order valence-corrected chi connectivity index (χ3v) is 3.13. The molecule has 0 aromatic heterocycles. The SMILES string of the molecule is CCCCCCCCSCC=CCO. The van der Waals surface area contributed by atoms with Gasteiger partial charge in [0.1, 0.15) is 0 Å². The third kappa shape index (κ3) is 12.0. The zero-order valence-electron chi connectivity index (χ0n) is 9.37. The normalized spacial score (nSPS) is 11.3. The van der Waals surface area contributed by atoms with E-state index >= 15 is 0 Å². The zero-order chi connectivity index (χ0) is 10.5. The summed E-state index contributed by atoms with van der Waals surface area (Å²) in [4.78, 5) is 0. The molecule has 1 N–H and O–H groups in total. The molecule has 0 aliphatic heterocycles. The van der Waals surface area contributed by atoms with Crippen LogP contribution >= 0.6 is 11.8 Å². The zero-order valence-corrected chi connectivity index (χ0v) is 10.2. The molecule has 1 nitrogen and oxygen atoms in total. The van der Waals surface area contributed by atoms with Crippen LogP contribution in [0.5, 0.6) is 0 Å². The van der Waals surface area contributed by atoms with E-state index in [1.165, 1.54) is 44.3 Å². The van der Waals surface area contributed by atoms with Gasteiger partial charge < -0.3 is 5.11 Å². The monoisotopic (exact) mass is 216 g/mol. The molecule has 0 unspecified atom stereocenters. The second-order valence-corrected chi connectivity index (χ2v) is 4.65. The van der Waals surface area contributed by atoms with Crippen molar-refractivity contribution in [3.8, 4) is 0 Å². The van der Waals surface area contributed by atoms with Crippen LogP contribution in [-0.4, -0.2) is 23.2 Å². The summed E-state index contributed by atoms with van der Waals surface area (Å²) in [6.07, 6.45) is 12.1. The molecule has 0 saturated carbocycles. The molecule has 0 aliphatic rings. The smallest absolute Gasteiger partial charge is 0.0612 e. The summed E-state index contributed by atoms with van der Waals surface area (Å²) in [7, 11) is 0. The highest BCUT2D eigenvalue weighted by atomic mass is 32.2. The average Bonchev–Trinajstić information content (AvgIpc) is 2.21. The first-order valence-electron chi connectivity index (χ1n) is 5.75. The van der Waals surface area contributed by atoms with Gasteiger partial charge in [0.2, 0.25) is 0 Å². The number of unbranched alkanes of at least 4 members (excludes halogenated alkanes) is 5. The molecular weight excluding hydrogens is 192 g/mol. The lowest BCUT2D eigenvalue weighted by atomic mass is 10.1. The van der Waals surface area contributed by atoms with Gasteiger partial charge in [-0.25, -0.2) is 0 Å². The number of aliphatic hydroxyl groups is 1. The Morgan fingerprint density at radius 1 is 1.00 bits per heavy atom. The number of hydrogen-bond donors (Lipinski definition) is 1. The fraction of sp³-hybridized carbons (Fsp3) is 0.833. The lowest BCUT2D eigenvalue weighted by Crippen LogP contribution is -1.83. The Labute approximate surface area is 93.0 Å². The van der Waals surface area contributed by atoms with Crippen molar-refractivity contribution in [1.29, 1.82) is 0 Å². The maximum Gasteiger partial charge on any atom is 0.0612 e. The summed E-state index contributed by atoms with van der Waals surface area (Å²) in [5, 5.41) is 8.49. The lowest BCUT2D eigenvalue weighted by Gasteiger charge is -1.99. The van der Waals surface area contributed by atoms with Crippen molar-refractivity contribution in [2.75, 3.05) is 18.1 Å². The molecule has 0 saturated heterocycles. The van der Waals surface area contributed by atoms with E-state index in [0.29, 0.717) is 0 Å². The Bertz CT molecular complexity index is 123. The Hall–Kier alpha value is 0.0500. The first-order chi connectivity index (χ1) is 6.91. The minimum atomic E-state index is 0.178. The summed E-state index contributed by atoms with van der Waals surface area (Å²) >= 11 is 1.96. The molecule has 0 aromatic carbocycles. The van der Waals surface area contributed by atoms with Crippen molar-refractivity contribution >= 4 is 11.8 Å². The molecule has 2 heteroatoms. The molecule has 0 aromatic rings. The Morgan fingerprint density at radius 3 is 2.43 bits per heavy atom. The van der Waals surface area contributed by atoms with Crippen molar-refractivity contribution in [3.63, 3.8) is 0 Å². The van der Waals surface area contributed by atoms with Crippen molar-refractivity contribution in [2.24, 2.45) is 0 Å². The molecule has 14 heavy (non-hydrogen) atoms. The Morgan fingerprint density at radius 2 is 1.71 bits per heavy atom. The van der Waals surface area contributed by atoms with Crippen molar-refractivity contribution in [1.82, 2.24) is 0 Å². The van der Waals surface area contributed by atoms with Crippen LogP contribution in [0.2, 0.25) is 0 Å². The minimum absolute atomic E-state index is 0.178. The molecule has 0 rings (SSSR count). The van der Waals surface area contributed by atoms with E-state index in [0.717, 1.165) is 5.75 Å². The minimum Gasteiger partial charge on any atom is -0.392 e. The fourth-order valence-electron chi connectivity index (χ4n) is 1.28. The van der Waals surface area contributed by atoms with Gasteiger partial charge in [0.05, 0.1) is 6.61 Å². The van der Waals surface area contributed by atoms with Crippen LogP contribution in [-0.2, 0) is 0 Å². The van der Waals surface area contributed by atoms with Gasteiger partial charge in [-0.15, -0.1) is 0 Å². The largest absolute Gasteiger partial charge is 0.392 e. The summed E-state index contributed by atoms with van der Waals surface area (Å²) in [5.74, 6) is 2.32. The maximum atomic E-state index is 8.49. The lowest BCUT2D eigenvalue weighted by molar-refractivity contribution is 0.342. The quantitative estimate of drug-likeness (QED) is 0.444. The van der Waals surface area contributed by atoms with Crippen LogP contribution in [0.15, 0.2) is 12.2 Å². The second kappa shape index (κ2) is 13.1. The van der Waals surface area contributed by atoms with E-state index in [4.69, 9.17) is 5.11 Å². The molecule has 0 amide bonds. The predicted octanol–water partition coefficient (Wildman–Crippen LogP) is 3.63.